The van der Waals surface area contributed by atoms with Crippen LogP contribution in [0, 0.1) is 0 Å². The Bertz CT molecular complexity index is 666. The van der Waals surface area contributed by atoms with Crippen LogP contribution in [0.25, 0.3) is 5.76 Å². The van der Waals surface area contributed by atoms with Crippen molar-refractivity contribution in [3.8, 4) is 0 Å². The number of carbonyl (C=O) groups is 1. The van der Waals surface area contributed by atoms with Crippen molar-refractivity contribution in [1.82, 2.24) is 10.3 Å². The molecule has 0 spiro atoms. The summed E-state index contributed by atoms with van der Waals surface area (Å²) in [6, 6.07) is 13.2. The zero-order valence-corrected chi connectivity index (χ0v) is 12.1. The lowest BCUT2D eigenvalue weighted by Gasteiger charge is -2.14. The van der Waals surface area contributed by atoms with Gasteiger partial charge in [0.25, 0.3) is 5.91 Å². The summed E-state index contributed by atoms with van der Waals surface area (Å²) < 4.78 is 0. The average molecular weight is 282 g/mol. The summed E-state index contributed by atoms with van der Waals surface area (Å²) in [5.74, 6) is -0.363. The molecular formula is C17H18N2O2. The van der Waals surface area contributed by atoms with Gasteiger partial charge in [0.2, 0.25) is 0 Å². The zero-order chi connectivity index (χ0) is 15.4. The highest BCUT2D eigenvalue weighted by molar-refractivity contribution is 5.92. The summed E-state index contributed by atoms with van der Waals surface area (Å²) in [5, 5.41) is 12.2. The van der Waals surface area contributed by atoms with E-state index in [2.05, 4.69) is 16.9 Å². The van der Waals surface area contributed by atoms with Crippen LogP contribution >= 0.6 is 0 Å². The summed E-state index contributed by atoms with van der Waals surface area (Å²) in [6.07, 6.45) is 0. The Hall–Kier alpha value is -2.62. The molecule has 4 heteroatoms. The molecule has 1 heterocycles. The quantitative estimate of drug-likeness (QED) is 0.847. The molecular weight excluding hydrogens is 264 g/mol. The molecule has 1 aromatic heterocycles. The maximum Gasteiger partial charge on any atom is 0.269 e. The minimum absolute atomic E-state index is 0.00825. The van der Waals surface area contributed by atoms with Gasteiger partial charge in [0.15, 0.2) is 0 Å². The number of nitrogens with zero attached hydrogens (tertiary/aromatic N) is 1. The number of rotatable bonds is 4. The third kappa shape index (κ3) is 3.28. The molecule has 1 unspecified atom stereocenters. The van der Waals surface area contributed by atoms with Crippen LogP contribution in [0.3, 0.4) is 0 Å². The molecule has 0 aliphatic rings. The first-order chi connectivity index (χ1) is 10.0. The number of aliphatic hydroxyl groups is 1. The fourth-order valence-corrected chi connectivity index (χ4v) is 2.10. The van der Waals surface area contributed by atoms with Gasteiger partial charge in [0.05, 0.1) is 0 Å². The Morgan fingerprint density at radius 3 is 2.52 bits per heavy atom. The number of hydrogen-bond acceptors (Lipinski definition) is 3. The van der Waals surface area contributed by atoms with Crippen LogP contribution in [0.4, 0.5) is 0 Å². The molecule has 0 saturated heterocycles. The van der Waals surface area contributed by atoms with E-state index in [0.717, 1.165) is 5.56 Å². The van der Waals surface area contributed by atoms with Crippen molar-refractivity contribution in [1.29, 1.82) is 0 Å². The highest BCUT2D eigenvalue weighted by Crippen LogP contribution is 2.25. The molecule has 1 aromatic carbocycles. The number of aromatic nitrogens is 1. The number of amides is 1. The summed E-state index contributed by atoms with van der Waals surface area (Å²) in [6.45, 7) is 5.53. The second-order valence-corrected chi connectivity index (χ2v) is 4.82. The maximum atomic E-state index is 11.8. The molecule has 2 aromatic rings. The number of hydrogen-bond donors (Lipinski definition) is 2. The topological polar surface area (TPSA) is 62.2 Å². The predicted molar refractivity (Wildman–Crippen MR) is 83.2 cm³/mol. The van der Waals surface area contributed by atoms with E-state index in [1.165, 1.54) is 6.07 Å². The van der Waals surface area contributed by atoms with E-state index in [-0.39, 0.29) is 23.3 Å². The Morgan fingerprint density at radius 1 is 1.29 bits per heavy atom. The number of pyridine rings is 1. The first-order valence-electron chi connectivity index (χ1n) is 6.70. The van der Waals surface area contributed by atoms with E-state index in [0.29, 0.717) is 11.3 Å². The lowest BCUT2D eigenvalue weighted by atomic mass is 9.95. The lowest BCUT2D eigenvalue weighted by molar-refractivity contribution is 0.0958. The maximum absolute atomic E-state index is 11.8. The largest absolute Gasteiger partial charge is 0.508 e. The molecule has 0 radical (unpaired) electrons. The monoisotopic (exact) mass is 282 g/mol. The molecule has 1 amide bonds. The van der Waals surface area contributed by atoms with Crippen molar-refractivity contribution >= 4 is 11.7 Å². The van der Waals surface area contributed by atoms with Crippen LogP contribution < -0.4 is 5.32 Å². The molecule has 21 heavy (non-hydrogen) atoms. The van der Waals surface area contributed by atoms with Crippen molar-refractivity contribution in [3.63, 3.8) is 0 Å². The van der Waals surface area contributed by atoms with Crippen LogP contribution in [-0.2, 0) is 0 Å². The first-order valence-corrected chi connectivity index (χ1v) is 6.70. The number of aliphatic hydroxyl groups excluding tert-OH is 1. The van der Waals surface area contributed by atoms with Gasteiger partial charge in [-0.15, -0.1) is 0 Å². The minimum Gasteiger partial charge on any atom is -0.508 e. The summed E-state index contributed by atoms with van der Waals surface area (Å²) in [7, 11) is 1.55. The van der Waals surface area contributed by atoms with E-state index in [9.17, 15) is 9.90 Å². The molecule has 0 fully saturated rings. The molecule has 0 bridgehead atoms. The van der Waals surface area contributed by atoms with Crippen LogP contribution in [0.1, 0.15) is 40.2 Å². The Labute approximate surface area is 124 Å². The second-order valence-electron chi connectivity index (χ2n) is 4.82. The number of nitrogens with one attached hydrogen (secondary N) is 1. The first kappa shape index (κ1) is 14.8. The normalized spacial score (nSPS) is 11.7. The van der Waals surface area contributed by atoms with Crippen LogP contribution in [0.5, 0.6) is 0 Å². The van der Waals surface area contributed by atoms with Gasteiger partial charge in [-0.25, -0.2) is 4.98 Å². The molecule has 108 valence electrons. The van der Waals surface area contributed by atoms with Crippen molar-refractivity contribution < 1.29 is 9.90 Å². The minimum atomic E-state index is -0.292. The van der Waals surface area contributed by atoms with Gasteiger partial charge in [0, 0.05) is 24.2 Å². The van der Waals surface area contributed by atoms with E-state index < -0.39 is 0 Å². The fourth-order valence-electron chi connectivity index (χ4n) is 2.10. The summed E-state index contributed by atoms with van der Waals surface area (Å²) in [4.78, 5) is 16.2. The molecule has 2 N–H and O–H groups in total. The Balaban J connectivity index is 2.50. The zero-order valence-electron chi connectivity index (χ0n) is 12.1. The van der Waals surface area contributed by atoms with Gasteiger partial charge < -0.3 is 10.4 Å². The molecule has 1 atom stereocenters. The van der Waals surface area contributed by atoms with Crippen molar-refractivity contribution in [2.24, 2.45) is 0 Å². The van der Waals surface area contributed by atoms with Gasteiger partial charge in [-0.2, -0.15) is 0 Å². The van der Waals surface area contributed by atoms with E-state index >= 15 is 0 Å². The van der Waals surface area contributed by atoms with Gasteiger partial charge >= 0.3 is 0 Å². The van der Waals surface area contributed by atoms with Crippen molar-refractivity contribution in [2.75, 3.05) is 7.05 Å². The van der Waals surface area contributed by atoms with E-state index in [4.69, 9.17) is 0 Å². The Kier molecular flexibility index (Phi) is 4.38. The Morgan fingerprint density at radius 2 is 1.95 bits per heavy atom. The van der Waals surface area contributed by atoms with Crippen LogP contribution in [-0.4, -0.2) is 23.0 Å². The predicted octanol–water partition coefficient (Wildman–Crippen LogP) is 3.12. The van der Waals surface area contributed by atoms with Crippen LogP contribution in [0.2, 0.25) is 0 Å². The fraction of sp³-hybridized carbons (Fsp3) is 0.176. The van der Waals surface area contributed by atoms with Gasteiger partial charge in [-0.05, 0) is 17.7 Å². The standard InChI is InChI=1S/C17H18N2O2/c1-11(13-7-5-4-6-8-13)15-9-14(12(2)20)10-16(19-15)17(21)18-3/h4-11,20H,2H2,1,3H3,(H,18,21). The third-order valence-electron chi connectivity index (χ3n) is 3.38. The highest BCUT2D eigenvalue weighted by Gasteiger charge is 2.15. The lowest BCUT2D eigenvalue weighted by Crippen LogP contribution is -2.20. The molecule has 2 rings (SSSR count). The third-order valence-corrected chi connectivity index (χ3v) is 3.38. The molecule has 0 aliphatic carbocycles. The average Bonchev–Trinajstić information content (AvgIpc) is 2.53. The van der Waals surface area contributed by atoms with Crippen LogP contribution in [0.15, 0.2) is 49.0 Å². The number of carbonyl (C=O) groups excluding carboxylic acids is 1. The molecule has 0 saturated carbocycles. The summed E-state index contributed by atoms with van der Waals surface area (Å²) >= 11 is 0. The SMILES string of the molecule is C=C(O)c1cc(C(=O)NC)nc(C(C)c2ccccc2)c1. The smallest absolute Gasteiger partial charge is 0.269 e. The number of benzene rings is 1. The van der Waals surface area contributed by atoms with E-state index in [1.54, 1.807) is 13.1 Å². The molecule has 0 aliphatic heterocycles. The summed E-state index contributed by atoms with van der Waals surface area (Å²) in [5.41, 5.74) is 2.57. The van der Waals surface area contributed by atoms with Gasteiger partial charge in [-0.3, -0.25) is 4.79 Å². The van der Waals surface area contributed by atoms with Crippen molar-refractivity contribution in [3.05, 3.63) is 71.6 Å². The second kappa shape index (κ2) is 6.22. The van der Waals surface area contributed by atoms with E-state index in [1.807, 2.05) is 37.3 Å². The van der Waals surface area contributed by atoms with Gasteiger partial charge in [-0.1, -0.05) is 43.8 Å². The highest BCUT2D eigenvalue weighted by atomic mass is 16.3. The van der Waals surface area contributed by atoms with Gasteiger partial charge in [0.1, 0.15) is 11.5 Å². The molecule has 4 nitrogen and oxygen atoms in total. The van der Waals surface area contributed by atoms with Crippen molar-refractivity contribution in [2.45, 2.75) is 12.8 Å².